The molecule has 4 nitrogen and oxygen atoms in total. The number of fused-ring (bicyclic) bond motifs is 1. The largest absolute Gasteiger partial charge is 0.486 e. The zero-order chi connectivity index (χ0) is 14.9. The van der Waals surface area contributed by atoms with Crippen LogP contribution in [0.5, 0.6) is 11.5 Å². The predicted molar refractivity (Wildman–Crippen MR) is 79.1 cm³/mol. The van der Waals surface area contributed by atoms with Crippen molar-refractivity contribution in [3.8, 4) is 11.5 Å². The molecule has 1 saturated carbocycles. The van der Waals surface area contributed by atoms with Crippen molar-refractivity contribution in [2.45, 2.75) is 38.2 Å². The minimum Gasteiger partial charge on any atom is -0.486 e. The molecule has 114 valence electrons. The molecule has 0 bridgehead atoms. The molecule has 1 aliphatic carbocycles. The molecule has 0 spiro atoms. The van der Waals surface area contributed by atoms with E-state index < -0.39 is 5.60 Å². The van der Waals surface area contributed by atoms with Crippen LogP contribution in [0, 0.1) is 5.92 Å². The summed E-state index contributed by atoms with van der Waals surface area (Å²) in [6.45, 7) is 3.26. The Morgan fingerprint density at radius 2 is 2.05 bits per heavy atom. The quantitative estimate of drug-likeness (QED) is 0.802. The fourth-order valence-corrected chi connectivity index (χ4v) is 3.44. The lowest BCUT2D eigenvalue weighted by Gasteiger charge is -2.37. The van der Waals surface area contributed by atoms with Crippen LogP contribution in [0.25, 0.3) is 0 Å². The first-order valence-corrected chi connectivity index (χ1v) is 7.64. The van der Waals surface area contributed by atoms with Crippen LogP contribution in [0.1, 0.15) is 43.0 Å². The van der Waals surface area contributed by atoms with E-state index in [4.69, 9.17) is 14.2 Å². The first-order valence-electron chi connectivity index (χ1n) is 7.64. The lowest BCUT2D eigenvalue weighted by molar-refractivity contribution is -0.0303. The number of Topliss-reactive ketones (excluding diaryl/α,β-unsaturated/α-hetero) is 1. The van der Waals surface area contributed by atoms with E-state index in [1.807, 2.05) is 12.1 Å². The number of carbonyl (C=O) groups excluding carboxylic acids is 1. The van der Waals surface area contributed by atoms with Gasteiger partial charge in [0.1, 0.15) is 18.8 Å². The standard InChI is InChI=1S/C17H22O4/c1-12-4-3-7-17(11-12,19-2)16(18)13-5-6-14-15(10-13)21-9-8-20-14/h5-6,10,12H,3-4,7-9,11H2,1-2H3. The van der Waals surface area contributed by atoms with Crippen LogP contribution in [0.3, 0.4) is 0 Å². The molecule has 0 radical (unpaired) electrons. The van der Waals surface area contributed by atoms with Gasteiger partial charge in [-0.2, -0.15) is 0 Å². The monoisotopic (exact) mass is 290 g/mol. The number of rotatable bonds is 3. The van der Waals surface area contributed by atoms with Gasteiger partial charge in [0.2, 0.25) is 0 Å². The number of benzene rings is 1. The first-order chi connectivity index (χ1) is 10.1. The second-order valence-electron chi connectivity index (χ2n) is 6.09. The van der Waals surface area contributed by atoms with Gasteiger partial charge < -0.3 is 14.2 Å². The lowest BCUT2D eigenvalue weighted by Crippen LogP contribution is -2.44. The van der Waals surface area contributed by atoms with Gasteiger partial charge in [-0.3, -0.25) is 4.79 Å². The van der Waals surface area contributed by atoms with Crippen LogP contribution in [0.15, 0.2) is 18.2 Å². The van der Waals surface area contributed by atoms with Gasteiger partial charge in [-0.25, -0.2) is 0 Å². The third kappa shape index (κ3) is 2.64. The summed E-state index contributed by atoms with van der Waals surface area (Å²) in [5.74, 6) is 1.94. The maximum atomic E-state index is 13.0. The highest BCUT2D eigenvalue weighted by Crippen LogP contribution is 2.39. The summed E-state index contributed by atoms with van der Waals surface area (Å²) in [5, 5.41) is 0. The van der Waals surface area contributed by atoms with Gasteiger partial charge in [-0.15, -0.1) is 0 Å². The van der Waals surface area contributed by atoms with Crippen molar-refractivity contribution in [3.63, 3.8) is 0 Å². The molecule has 1 aromatic carbocycles. The van der Waals surface area contributed by atoms with Gasteiger partial charge in [-0.1, -0.05) is 13.3 Å². The van der Waals surface area contributed by atoms with Crippen molar-refractivity contribution in [3.05, 3.63) is 23.8 Å². The molecule has 3 rings (SSSR count). The van der Waals surface area contributed by atoms with Gasteiger partial charge in [0.05, 0.1) is 0 Å². The lowest BCUT2D eigenvalue weighted by atomic mass is 9.75. The average Bonchev–Trinajstić information content (AvgIpc) is 2.53. The van der Waals surface area contributed by atoms with Crippen LogP contribution >= 0.6 is 0 Å². The molecule has 2 unspecified atom stereocenters. The molecule has 1 fully saturated rings. The van der Waals surface area contributed by atoms with Gasteiger partial charge in [0.15, 0.2) is 17.3 Å². The highest BCUT2D eigenvalue weighted by Gasteiger charge is 2.42. The van der Waals surface area contributed by atoms with Crippen molar-refractivity contribution < 1.29 is 19.0 Å². The maximum absolute atomic E-state index is 13.0. The van der Waals surface area contributed by atoms with Crippen LogP contribution < -0.4 is 9.47 Å². The molecule has 1 heterocycles. The SMILES string of the molecule is COC1(C(=O)c2ccc3c(c2)OCCO3)CCCC(C)C1. The summed E-state index contributed by atoms with van der Waals surface area (Å²) in [7, 11) is 1.65. The number of hydrogen-bond acceptors (Lipinski definition) is 4. The van der Waals surface area contributed by atoms with Gasteiger partial charge in [-0.05, 0) is 43.4 Å². The summed E-state index contributed by atoms with van der Waals surface area (Å²) >= 11 is 0. The molecule has 0 amide bonds. The Kier molecular flexibility index (Phi) is 3.89. The molecule has 21 heavy (non-hydrogen) atoms. The second-order valence-corrected chi connectivity index (χ2v) is 6.09. The molecule has 0 N–H and O–H groups in total. The number of carbonyl (C=O) groups is 1. The minimum absolute atomic E-state index is 0.0634. The zero-order valence-corrected chi connectivity index (χ0v) is 12.7. The number of ketones is 1. The Labute approximate surface area is 125 Å². The minimum atomic E-state index is -0.679. The van der Waals surface area contributed by atoms with E-state index in [-0.39, 0.29) is 5.78 Å². The average molecular weight is 290 g/mol. The molecule has 0 saturated heterocycles. The van der Waals surface area contributed by atoms with Crippen molar-refractivity contribution in [2.75, 3.05) is 20.3 Å². The topological polar surface area (TPSA) is 44.8 Å². The Balaban J connectivity index is 1.89. The van der Waals surface area contributed by atoms with E-state index in [2.05, 4.69) is 6.92 Å². The summed E-state index contributed by atoms with van der Waals surface area (Å²) in [4.78, 5) is 13.0. The highest BCUT2D eigenvalue weighted by molar-refractivity contribution is 6.03. The van der Waals surface area contributed by atoms with E-state index in [0.717, 1.165) is 19.3 Å². The molecule has 2 atom stereocenters. The van der Waals surface area contributed by atoms with Crippen molar-refractivity contribution in [1.82, 2.24) is 0 Å². The summed E-state index contributed by atoms with van der Waals surface area (Å²) in [6.07, 6.45) is 3.78. The van der Waals surface area contributed by atoms with Crippen LogP contribution in [0.4, 0.5) is 0 Å². The summed E-state index contributed by atoms with van der Waals surface area (Å²) in [6, 6.07) is 5.42. The predicted octanol–water partition coefficient (Wildman–Crippen LogP) is 3.24. The first kappa shape index (κ1) is 14.4. The Morgan fingerprint density at radius 1 is 1.29 bits per heavy atom. The molecule has 0 aromatic heterocycles. The van der Waals surface area contributed by atoms with Gasteiger partial charge in [0, 0.05) is 12.7 Å². The van der Waals surface area contributed by atoms with Crippen molar-refractivity contribution in [1.29, 1.82) is 0 Å². The van der Waals surface area contributed by atoms with E-state index in [1.54, 1.807) is 13.2 Å². The third-order valence-electron chi connectivity index (χ3n) is 4.56. The maximum Gasteiger partial charge on any atom is 0.194 e. The van der Waals surface area contributed by atoms with Gasteiger partial charge in [0.25, 0.3) is 0 Å². The van der Waals surface area contributed by atoms with E-state index >= 15 is 0 Å². The fraction of sp³-hybridized carbons (Fsp3) is 0.588. The zero-order valence-electron chi connectivity index (χ0n) is 12.7. The van der Waals surface area contributed by atoms with E-state index in [1.165, 1.54) is 6.42 Å². The molecule has 4 heteroatoms. The Hall–Kier alpha value is -1.55. The highest BCUT2D eigenvalue weighted by atomic mass is 16.6. The molecular formula is C17H22O4. The summed E-state index contributed by atoms with van der Waals surface area (Å²) < 4.78 is 16.8. The third-order valence-corrected chi connectivity index (χ3v) is 4.56. The van der Waals surface area contributed by atoms with Crippen LogP contribution in [-0.4, -0.2) is 31.7 Å². The molecule has 2 aliphatic rings. The Morgan fingerprint density at radius 3 is 2.76 bits per heavy atom. The Bertz CT molecular complexity index is 540. The fourth-order valence-electron chi connectivity index (χ4n) is 3.44. The molecule has 1 aliphatic heterocycles. The number of methoxy groups -OCH3 is 1. The van der Waals surface area contributed by atoms with Crippen LogP contribution in [0.2, 0.25) is 0 Å². The van der Waals surface area contributed by atoms with Gasteiger partial charge >= 0.3 is 0 Å². The van der Waals surface area contributed by atoms with Crippen molar-refractivity contribution >= 4 is 5.78 Å². The van der Waals surface area contributed by atoms with Crippen molar-refractivity contribution in [2.24, 2.45) is 5.92 Å². The number of hydrogen-bond donors (Lipinski definition) is 0. The summed E-state index contributed by atoms with van der Waals surface area (Å²) in [5.41, 5.74) is -0.0308. The smallest absolute Gasteiger partial charge is 0.194 e. The molecule has 1 aromatic rings. The molecular weight excluding hydrogens is 268 g/mol. The van der Waals surface area contributed by atoms with E-state index in [0.29, 0.717) is 36.2 Å². The van der Waals surface area contributed by atoms with E-state index in [9.17, 15) is 4.79 Å². The van der Waals surface area contributed by atoms with Crippen LogP contribution in [-0.2, 0) is 4.74 Å². The second kappa shape index (κ2) is 5.68. The number of ether oxygens (including phenoxy) is 3. The normalized spacial score (nSPS) is 28.2.